The number of nitrogens with zero attached hydrogens (tertiary/aromatic N) is 1. The van der Waals surface area contributed by atoms with Gasteiger partial charge in [-0.3, -0.25) is 4.90 Å². The first kappa shape index (κ1) is 11.6. The Labute approximate surface area is 88.3 Å². The van der Waals surface area contributed by atoms with Crippen LogP contribution in [0.4, 0.5) is 4.79 Å². The van der Waals surface area contributed by atoms with Crippen LogP contribution < -0.4 is 0 Å². The van der Waals surface area contributed by atoms with E-state index in [4.69, 9.17) is 9.84 Å². The van der Waals surface area contributed by atoms with Crippen LogP contribution in [0.2, 0.25) is 0 Å². The maximum absolute atomic E-state index is 11.6. The highest BCUT2D eigenvalue weighted by Crippen LogP contribution is 2.19. The third kappa shape index (κ3) is 2.97. The van der Waals surface area contributed by atoms with E-state index < -0.39 is 17.7 Å². The largest absolute Gasteiger partial charge is 0.477 e. The Morgan fingerprint density at radius 1 is 1.47 bits per heavy atom. The van der Waals surface area contributed by atoms with Gasteiger partial charge >= 0.3 is 12.1 Å². The second kappa shape index (κ2) is 3.92. The highest BCUT2D eigenvalue weighted by molar-refractivity contribution is 5.91. The summed E-state index contributed by atoms with van der Waals surface area (Å²) in [5.74, 6) is -1.10. The third-order valence-corrected chi connectivity index (χ3v) is 1.81. The van der Waals surface area contributed by atoms with Gasteiger partial charge in [0.05, 0.1) is 0 Å². The van der Waals surface area contributed by atoms with Gasteiger partial charge in [0.1, 0.15) is 11.3 Å². The zero-order valence-electron chi connectivity index (χ0n) is 9.11. The van der Waals surface area contributed by atoms with Crippen LogP contribution in [0.25, 0.3) is 0 Å². The van der Waals surface area contributed by atoms with E-state index in [1.165, 1.54) is 6.08 Å². The molecule has 1 aliphatic heterocycles. The Balaban J connectivity index is 2.69. The summed E-state index contributed by atoms with van der Waals surface area (Å²) in [7, 11) is 0. The van der Waals surface area contributed by atoms with E-state index in [0.717, 1.165) is 4.90 Å². The Morgan fingerprint density at radius 2 is 2.07 bits per heavy atom. The van der Waals surface area contributed by atoms with E-state index >= 15 is 0 Å². The van der Waals surface area contributed by atoms with Gasteiger partial charge in [-0.05, 0) is 27.2 Å². The van der Waals surface area contributed by atoms with Crippen molar-refractivity contribution in [3.05, 3.63) is 11.8 Å². The number of rotatable bonds is 1. The van der Waals surface area contributed by atoms with Crippen LogP contribution >= 0.6 is 0 Å². The SMILES string of the molecule is CC(C)(C)OC(=O)N1CCC=C1C(=O)O. The molecule has 0 bridgehead atoms. The van der Waals surface area contributed by atoms with Gasteiger partial charge in [-0.2, -0.15) is 0 Å². The number of carbonyl (C=O) groups excluding carboxylic acids is 1. The van der Waals surface area contributed by atoms with Gasteiger partial charge in [0.15, 0.2) is 0 Å². The average molecular weight is 213 g/mol. The van der Waals surface area contributed by atoms with E-state index in [0.29, 0.717) is 13.0 Å². The summed E-state index contributed by atoms with van der Waals surface area (Å²) in [6.07, 6.45) is 1.47. The summed E-state index contributed by atoms with van der Waals surface area (Å²) < 4.78 is 5.08. The van der Waals surface area contributed by atoms with Gasteiger partial charge < -0.3 is 9.84 Å². The predicted octanol–water partition coefficient (Wildman–Crippen LogP) is 1.60. The highest BCUT2D eigenvalue weighted by atomic mass is 16.6. The van der Waals surface area contributed by atoms with Crippen molar-refractivity contribution in [2.45, 2.75) is 32.8 Å². The normalized spacial score (nSPS) is 16.2. The summed E-state index contributed by atoms with van der Waals surface area (Å²) in [6, 6.07) is 0. The minimum atomic E-state index is -1.10. The summed E-state index contributed by atoms with van der Waals surface area (Å²) in [5.41, 5.74) is -0.604. The molecule has 0 aliphatic carbocycles. The van der Waals surface area contributed by atoms with Gasteiger partial charge in [-0.25, -0.2) is 9.59 Å². The lowest BCUT2D eigenvalue weighted by Crippen LogP contribution is -2.36. The van der Waals surface area contributed by atoms with Gasteiger partial charge in [-0.15, -0.1) is 0 Å². The summed E-state index contributed by atoms with van der Waals surface area (Å²) >= 11 is 0. The van der Waals surface area contributed by atoms with E-state index in [1.54, 1.807) is 20.8 Å². The summed E-state index contributed by atoms with van der Waals surface area (Å²) in [5, 5.41) is 8.81. The molecule has 15 heavy (non-hydrogen) atoms. The van der Waals surface area contributed by atoms with Crippen molar-refractivity contribution in [2.24, 2.45) is 0 Å². The fraction of sp³-hybridized carbons (Fsp3) is 0.600. The van der Waals surface area contributed by atoms with Crippen LogP contribution in [-0.4, -0.2) is 34.2 Å². The third-order valence-electron chi connectivity index (χ3n) is 1.81. The summed E-state index contributed by atoms with van der Waals surface area (Å²) in [6.45, 7) is 5.60. The fourth-order valence-corrected chi connectivity index (χ4v) is 1.27. The lowest BCUT2D eigenvalue weighted by molar-refractivity contribution is -0.134. The van der Waals surface area contributed by atoms with Crippen molar-refractivity contribution in [1.29, 1.82) is 0 Å². The molecule has 0 radical (unpaired) electrons. The first-order valence-corrected chi connectivity index (χ1v) is 4.75. The van der Waals surface area contributed by atoms with Gasteiger partial charge in [0.25, 0.3) is 0 Å². The fourth-order valence-electron chi connectivity index (χ4n) is 1.27. The molecule has 0 saturated carbocycles. The lowest BCUT2D eigenvalue weighted by atomic mass is 10.2. The molecule has 0 aromatic heterocycles. The summed E-state index contributed by atoms with van der Waals surface area (Å²) in [4.78, 5) is 23.5. The maximum Gasteiger partial charge on any atom is 0.415 e. The molecule has 84 valence electrons. The van der Waals surface area contributed by atoms with E-state index in [9.17, 15) is 9.59 Å². The van der Waals surface area contributed by atoms with Gasteiger partial charge in [0, 0.05) is 6.54 Å². The molecule has 1 N–H and O–H groups in total. The number of hydrogen-bond acceptors (Lipinski definition) is 3. The molecule has 5 nitrogen and oxygen atoms in total. The van der Waals surface area contributed by atoms with Crippen molar-refractivity contribution in [3.63, 3.8) is 0 Å². The molecule has 1 aliphatic rings. The second-order valence-corrected chi connectivity index (χ2v) is 4.32. The molecule has 1 amide bonds. The monoisotopic (exact) mass is 213 g/mol. The quantitative estimate of drug-likeness (QED) is 0.718. The zero-order chi connectivity index (χ0) is 11.6. The standard InChI is InChI=1S/C10H15NO4/c1-10(2,3)15-9(14)11-6-4-5-7(11)8(12)13/h5H,4,6H2,1-3H3,(H,12,13). The molecule has 1 rings (SSSR count). The molecule has 5 heteroatoms. The van der Waals surface area contributed by atoms with E-state index in [1.807, 2.05) is 0 Å². The minimum absolute atomic E-state index is 0.00394. The molecule has 0 aromatic rings. The Hall–Kier alpha value is -1.52. The predicted molar refractivity (Wildman–Crippen MR) is 53.3 cm³/mol. The Bertz CT molecular complexity index is 314. The topological polar surface area (TPSA) is 66.8 Å². The van der Waals surface area contributed by atoms with Crippen LogP contribution in [0.5, 0.6) is 0 Å². The molecule has 0 aromatic carbocycles. The first-order valence-electron chi connectivity index (χ1n) is 4.75. The van der Waals surface area contributed by atoms with Crippen molar-refractivity contribution < 1.29 is 19.4 Å². The minimum Gasteiger partial charge on any atom is -0.477 e. The molecular weight excluding hydrogens is 198 g/mol. The van der Waals surface area contributed by atoms with Gasteiger partial charge in [0.2, 0.25) is 0 Å². The maximum atomic E-state index is 11.6. The molecule has 0 unspecified atom stereocenters. The van der Waals surface area contributed by atoms with Crippen molar-refractivity contribution in [3.8, 4) is 0 Å². The number of hydrogen-bond donors (Lipinski definition) is 1. The van der Waals surface area contributed by atoms with Crippen molar-refractivity contribution >= 4 is 12.1 Å². The van der Waals surface area contributed by atoms with E-state index in [2.05, 4.69) is 0 Å². The second-order valence-electron chi connectivity index (χ2n) is 4.32. The average Bonchev–Trinajstić information content (AvgIpc) is 2.47. The molecular formula is C10H15NO4. The lowest BCUT2D eigenvalue weighted by Gasteiger charge is -2.24. The number of carbonyl (C=O) groups is 2. The zero-order valence-corrected chi connectivity index (χ0v) is 9.11. The number of amides is 1. The Kier molecular flexibility index (Phi) is 3.02. The number of carboxylic acids is 1. The van der Waals surface area contributed by atoms with E-state index in [-0.39, 0.29) is 5.70 Å². The number of ether oxygens (including phenoxy) is 1. The molecule has 0 saturated heterocycles. The van der Waals surface area contributed by atoms with Crippen molar-refractivity contribution in [1.82, 2.24) is 4.90 Å². The Morgan fingerprint density at radius 3 is 2.53 bits per heavy atom. The van der Waals surface area contributed by atoms with Crippen LogP contribution in [0.15, 0.2) is 11.8 Å². The molecule has 0 spiro atoms. The molecule has 0 atom stereocenters. The molecule has 1 heterocycles. The first-order chi connectivity index (χ1) is 6.81. The van der Waals surface area contributed by atoms with Crippen LogP contribution in [-0.2, 0) is 9.53 Å². The number of aliphatic carboxylic acids is 1. The van der Waals surface area contributed by atoms with Crippen molar-refractivity contribution in [2.75, 3.05) is 6.54 Å². The number of carboxylic acid groups (broad SMARTS) is 1. The van der Waals surface area contributed by atoms with Crippen LogP contribution in [0.1, 0.15) is 27.2 Å². The highest BCUT2D eigenvalue weighted by Gasteiger charge is 2.30. The molecule has 0 fully saturated rings. The smallest absolute Gasteiger partial charge is 0.415 e. The van der Waals surface area contributed by atoms with Gasteiger partial charge in [-0.1, -0.05) is 6.08 Å². The van der Waals surface area contributed by atoms with Crippen LogP contribution in [0, 0.1) is 0 Å². The van der Waals surface area contributed by atoms with Crippen LogP contribution in [0.3, 0.4) is 0 Å².